The summed E-state index contributed by atoms with van der Waals surface area (Å²) in [6, 6.07) is 0. The lowest BCUT2D eigenvalue weighted by atomic mass is 10.1. The summed E-state index contributed by atoms with van der Waals surface area (Å²) in [5.41, 5.74) is 0.109. The molecule has 0 radical (unpaired) electrons. The van der Waals surface area contributed by atoms with Gasteiger partial charge in [-0.1, -0.05) is 22.9 Å². The molecular formula is C9H8Br2O3. The van der Waals surface area contributed by atoms with Crippen molar-refractivity contribution in [3.05, 3.63) is 20.8 Å². The third-order valence-corrected chi connectivity index (χ3v) is 2.90. The molecule has 0 unspecified atom stereocenters. The van der Waals surface area contributed by atoms with Crippen LogP contribution in [0.1, 0.15) is 19.8 Å². The smallest absolute Gasteiger partial charge is 0.348 e. The third kappa shape index (κ3) is 2.15. The average molecular weight is 324 g/mol. The zero-order chi connectivity index (χ0) is 10.7. The minimum atomic E-state index is -0.582. The van der Waals surface area contributed by atoms with E-state index in [1.54, 1.807) is 0 Å². The van der Waals surface area contributed by atoms with E-state index in [1.165, 1.54) is 4.99 Å². The second-order valence-corrected chi connectivity index (χ2v) is 3.98. The molecule has 1 rings (SSSR count). The van der Waals surface area contributed by atoms with Gasteiger partial charge in [0.1, 0.15) is 5.57 Å². The molecule has 0 saturated carbocycles. The SMILES string of the molecule is CCCC(=O)C1=C(Br)/C(=C/Br)OC1=O. The van der Waals surface area contributed by atoms with Gasteiger partial charge in [0.25, 0.3) is 0 Å². The van der Waals surface area contributed by atoms with Crippen molar-refractivity contribution in [3.8, 4) is 0 Å². The molecule has 1 aliphatic rings. The van der Waals surface area contributed by atoms with Crippen LogP contribution in [0.5, 0.6) is 0 Å². The Bertz CT molecular complexity index is 342. The van der Waals surface area contributed by atoms with E-state index in [4.69, 9.17) is 4.74 Å². The predicted octanol–water partition coefficient (Wildman–Crippen LogP) is 2.80. The summed E-state index contributed by atoms with van der Waals surface area (Å²) in [4.78, 5) is 24.2. The number of allylic oxidation sites excluding steroid dienone is 1. The van der Waals surface area contributed by atoms with Crippen molar-refractivity contribution in [2.75, 3.05) is 0 Å². The number of Topliss-reactive ketones (excluding diaryl/α,β-unsaturated/α-hetero) is 1. The zero-order valence-corrected chi connectivity index (χ0v) is 10.6. The summed E-state index contributed by atoms with van der Waals surface area (Å²) in [5.74, 6) is -0.427. The van der Waals surface area contributed by atoms with E-state index in [1.807, 2.05) is 6.92 Å². The first kappa shape index (κ1) is 11.7. The first-order valence-electron chi connectivity index (χ1n) is 4.07. The highest BCUT2D eigenvalue weighted by Gasteiger charge is 2.32. The highest BCUT2D eigenvalue weighted by molar-refractivity contribution is 9.12. The summed E-state index contributed by atoms with van der Waals surface area (Å²) in [7, 11) is 0. The van der Waals surface area contributed by atoms with Gasteiger partial charge in [-0.3, -0.25) is 4.79 Å². The van der Waals surface area contributed by atoms with Gasteiger partial charge in [-0.15, -0.1) is 0 Å². The van der Waals surface area contributed by atoms with Gasteiger partial charge in [-0.2, -0.15) is 0 Å². The number of ether oxygens (including phenoxy) is 1. The second-order valence-electron chi connectivity index (χ2n) is 2.73. The molecule has 0 aliphatic carbocycles. The lowest BCUT2D eigenvalue weighted by molar-refractivity contribution is -0.134. The molecule has 0 bridgehead atoms. The van der Waals surface area contributed by atoms with Crippen molar-refractivity contribution in [3.63, 3.8) is 0 Å². The van der Waals surface area contributed by atoms with Crippen LogP contribution in [-0.2, 0) is 14.3 Å². The summed E-state index contributed by atoms with van der Waals surface area (Å²) in [6.45, 7) is 1.88. The van der Waals surface area contributed by atoms with Crippen LogP contribution in [0, 0.1) is 0 Å². The Balaban J connectivity index is 3.01. The Labute approximate surface area is 98.4 Å². The molecule has 1 heterocycles. The van der Waals surface area contributed by atoms with Crippen LogP contribution < -0.4 is 0 Å². The maximum absolute atomic E-state index is 11.5. The molecule has 0 aromatic heterocycles. The Morgan fingerprint density at radius 2 is 2.21 bits per heavy atom. The molecule has 14 heavy (non-hydrogen) atoms. The quantitative estimate of drug-likeness (QED) is 0.592. The molecule has 0 N–H and O–H groups in total. The summed E-state index contributed by atoms with van der Waals surface area (Å²) in [5, 5.41) is 0. The van der Waals surface area contributed by atoms with Gasteiger partial charge in [-0.05, 0) is 22.4 Å². The molecule has 0 fully saturated rings. The largest absolute Gasteiger partial charge is 0.421 e. The number of carbonyl (C=O) groups is 2. The van der Waals surface area contributed by atoms with Crippen molar-refractivity contribution in [2.24, 2.45) is 0 Å². The molecule has 1 aliphatic heterocycles. The Morgan fingerprint density at radius 3 is 2.64 bits per heavy atom. The molecule has 5 heteroatoms. The molecule has 0 atom stereocenters. The van der Waals surface area contributed by atoms with Crippen LogP contribution in [0.2, 0.25) is 0 Å². The summed E-state index contributed by atoms with van der Waals surface area (Å²) >= 11 is 6.20. The minimum Gasteiger partial charge on any atom is -0.421 e. The van der Waals surface area contributed by atoms with E-state index < -0.39 is 5.97 Å². The number of rotatable bonds is 3. The maximum Gasteiger partial charge on any atom is 0.348 e. The predicted molar refractivity (Wildman–Crippen MR) is 59.0 cm³/mol. The van der Waals surface area contributed by atoms with Crippen molar-refractivity contribution < 1.29 is 14.3 Å². The highest BCUT2D eigenvalue weighted by atomic mass is 79.9. The van der Waals surface area contributed by atoms with E-state index in [0.29, 0.717) is 23.1 Å². The van der Waals surface area contributed by atoms with Gasteiger partial charge >= 0.3 is 5.97 Å². The van der Waals surface area contributed by atoms with Crippen LogP contribution in [0.25, 0.3) is 0 Å². The van der Waals surface area contributed by atoms with Gasteiger partial charge in [0.2, 0.25) is 0 Å². The lowest BCUT2D eigenvalue weighted by Crippen LogP contribution is -2.09. The van der Waals surface area contributed by atoms with E-state index in [9.17, 15) is 9.59 Å². The van der Waals surface area contributed by atoms with E-state index in [-0.39, 0.29) is 11.4 Å². The number of halogens is 2. The molecular weight excluding hydrogens is 316 g/mol. The number of ketones is 1. The maximum atomic E-state index is 11.5. The Morgan fingerprint density at radius 1 is 1.57 bits per heavy atom. The van der Waals surface area contributed by atoms with Gasteiger partial charge in [0, 0.05) is 11.4 Å². The number of hydrogen-bond acceptors (Lipinski definition) is 3. The number of hydrogen-bond donors (Lipinski definition) is 0. The standard InChI is InChI=1S/C9H8Br2O3/c1-2-3-5(12)7-8(11)6(4-10)14-9(7)13/h4H,2-3H2,1H3/b6-4-. The van der Waals surface area contributed by atoms with Crippen LogP contribution in [-0.4, -0.2) is 11.8 Å². The van der Waals surface area contributed by atoms with Crippen molar-refractivity contribution in [2.45, 2.75) is 19.8 Å². The number of cyclic esters (lactones) is 1. The molecule has 0 aromatic carbocycles. The molecule has 0 aromatic rings. The fourth-order valence-electron chi connectivity index (χ4n) is 1.07. The monoisotopic (exact) mass is 322 g/mol. The normalized spacial score (nSPS) is 19.1. The highest BCUT2D eigenvalue weighted by Crippen LogP contribution is 2.32. The fourth-order valence-corrected chi connectivity index (χ4v) is 2.27. The first-order valence-corrected chi connectivity index (χ1v) is 5.78. The minimum absolute atomic E-state index is 0.109. The van der Waals surface area contributed by atoms with Gasteiger partial charge < -0.3 is 4.74 Å². The van der Waals surface area contributed by atoms with Crippen molar-refractivity contribution in [1.82, 2.24) is 0 Å². The molecule has 76 valence electrons. The lowest BCUT2D eigenvalue weighted by Gasteiger charge is -1.95. The van der Waals surface area contributed by atoms with E-state index >= 15 is 0 Å². The molecule has 3 nitrogen and oxygen atoms in total. The van der Waals surface area contributed by atoms with Crippen LogP contribution >= 0.6 is 31.9 Å². The van der Waals surface area contributed by atoms with Crippen LogP contribution in [0.3, 0.4) is 0 Å². The number of esters is 1. The van der Waals surface area contributed by atoms with Crippen LogP contribution in [0.4, 0.5) is 0 Å². The number of carbonyl (C=O) groups excluding carboxylic acids is 2. The Kier molecular flexibility index (Phi) is 4.07. The van der Waals surface area contributed by atoms with E-state index in [2.05, 4.69) is 31.9 Å². The molecule has 0 saturated heterocycles. The Hall–Kier alpha value is -0.420. The zero-order valence-electron chi connectivity index (χ0n) is 7.47. The van der Waals surface area contributed by atoms with Crippen molar-refractivity contribution in [1.29, 1.82) is 0 Å². The molecule has 0 amide bonds. The molecule has 0 spiro atoms. The van der Waals surface area contributed by atoms with Gasteiger partial charge in [0.15, 0.2) is 11.5 Å². The van der Waals surface area contributed by atoms with Crippen LogP contribution in [0.15, 0.2) is 20.8 Å². The average Bonchev–Trinajstić information content (AvgIpc) is 2.41. The third-order valence-electron chi connectivity index (χ3n) is 1.70. The second kappa shape index (κ2) is 4.89. The van der Waals surface area contributed by atoms with Crippen molar-refractivity contribution >= 4 is 43.6 Å². The van der Waals surface area contributed by atoms with Gasteiger partial charge in [0.05, 0.1) is 4.48 Å². The summed E-state index contributed by atoms with van der Waals surface area (Å²) < 4.78 is 5.26. The topological polar surface area (TPSA) is 43.4 Å². The first-order chi connectivity index (χ1) is 6.61. The summed E-state index contributed by atoms with van der Waals surface area (Å²) in [6.07, 6.45) is 1.07. The van der Waals surface area contributed by atoms with E-state index in [0.717, 1.165) is 0 Å². The fraction of sp³-hybridized carbons (Fsp3) is 0.333. The van der Waals surface area contributed by atoms with Gasteiger partial charge in [-0.25, -0.2) is 4.79 Å².